The summed E-state index contributed by atoms with van der Waals surface area (Å²) in [7, 11) is 0. The van der Waals surface area contributed by atoms with Gasteiger partial charge in [-0.25, -0.2) is 4.68 Å². The average molecular weight is 270 g/mol. The number of carbonyl (C=O) groups excluding carboxylic acids is 1. The summed E-state index contributed by atoms with van der Waals surface area (Å²) in [5.41, 5.74) is 7.48. The molecule has 0 bridgehead atoms. The van der Waals surface area contributed by atoms with Crippen LogP contribution in [0, 0.1) is 0 Å². The molecule has 0 saturated carbocycles. The molecule has 0 spiro atoms. The van der Waals surface area contributed by atoms with E-state index in [9.17, 15) is 4.79 Å². The summed E-state index contributed by atoms with van der Waals surface area (Å²) in [4.78, 5) is 14.2. The average Bonchev–Trinajstić information content (AvgIpc) is 2.97. The summed E-state index contributed by atoms with van der Waals surface area (Å²) in [5.74, 6) is 0.0160. The van der Waals surface area contributed by atoms with Crippen LogP contribution in [0.2, 0.25) is 0 Å². The van der Waals surface area contributed by atoms with Crippen molar-refractivity contribution in [2.24, 2.45) is 5.73 Å². The lowest BCUT2D eigenvalue weighted by molar-refractivity contribution is 0.0709. The molecule has 104 valence electrons. The molecule has 5 nitrogen and oxygen atoms in total. The van der Waals surface area contributed by atoms with E-state index in [0.717, 1.165) is 25.1 Å². The Morgan fingerprint density at radius 3 is 2.85 bits per heavy atom. The zero-order chi connectivity index (χ0) is 13.9. The van der Waals surface area contributed by atoms with Crippen LogP contribution in [0.5, 0.6) is 0 Å². The molecular formula is C15H18N4O. The van der Waals surface area contributed by atoms with Crippen molar-refractivity contribution in [1.82, 2.24) is 14.7 Å². The molecule has 5 heteroatoms. The van der Waals surface area contributed by atoms with E-state index in [-0.39, 0.29) is 11.9 Å². The van der Waals surface area contributed by atoms with Gasteiger partial charge in [-0.1, -0.05) is 18.2 Å². The highest BCUT2D eigenvalue weighted by atomic mass is 16.2. The number of aromatic nitrogens is 2. The third-order valence-electron chi connectivity index (χ3n) is 3.60. The van der Waals surface area contributed by atoms with E-state index in [1.165, 1.54) is 0 Å². The van der Waals surface area contributed by atoms with Crippen LogP contribution in [-0.4, -0.2) is 39.7 Å². The van der Waals surface area contributed by atoms with Crippen LogP contribution in [0.25, 0.3) is 5.69 Å². The fourth-order valence-electron chi connectivity index (χ4n) is 2.53. The van der Waals surface area contributed by atoms with Gasteiger partial charge in [0, 0.05) is 25.3 Å². The highest BCUT2D eigenvalue weighted by Gasteiger charge is 2.23. The van der Waals surface area contributed by atoms with E-state index in [1.54, 1.807) is 17.1 Å². The maximum atomic E-state index is 12.4. The molecule has 1 aliphatic rings. The van der Waals surface area contributed by atoms with Crippen molar-refractivity contribution in [3.05, 3.63) is 48.3 Å². The van der Waals surface area contributed by atoms with Crippen molar-refractivity contribution < 1.29 is 4.79 Å². The van der Waals surface area contributed by atoms with Gasteiger partial charge in [-0.3, -0.25) is 4.79 Å². The lowest BCUT2D eigenvalue weighted by Crippen LogP contribution is -2.45. The lowest BCUT2D eigenvalue weighted by atomic mass is 10.1. The molecule has 0 unspecified atom stereocenters. The monoisotopic (exact) mass is 270 g/mol. The predicted molar refractivity (Wildman–Crippen MR) is 76.7 cm³/mol. The molecular weight excluding hydrogens is 252 g/mol. The predicted octanol–water partition coefficient (Wildman–Crippen LogP) is 1.44. The second-order valence-corrected chi connectivity index (χ2v) is 5.16. The number of amides is 1. The summed E-state index contributed by atoms with van der Waals surface area (Å²) < 4.78 is 1.72. The molecule has 20 heavy (non-hydrogen) atoms. The fraction of sp³-hybridized carbons (Fsp3) is 0.333. The van der Waals surface area contributed by atoms with Gasteiger partial charge >= 0.3 is 0 Å². The number of nitrogens with two attached hydrogens (primary N) is 1. The zero-order valence-electron chi connectivity index (χ0n) is 11.3. The number of rotatable bonds is 2. The second-order valence-electron chi connectivity index (χ2n) is 5.16. The minimum absolute atomic E-state index is 0.0160. The summed E-state index contributed by atoms with van der Waals surface area (Å²) in [6.45, 7) is 1.42. The minimum Gasteiger partial charge on any atom is -0.337 e. The fourth-order valence-corrected chi connectivity index (χ4v) is 2.53. The van der Waals surface area contributed by atoms with E-state index in [2.05, 4.69) is 5.10 Å². The van der Waals surface area contributed by atoms with Gasteiger partial charge in [-0.15, -0.1) is 0 Å². The van der Waals surface area contributed by atoms with E-state index in [0.29, 0.717) is 12.1 Å². The third kappa shape index (κ3) is 2.58. The van der Waals surface area contributed by atoms with Gasteiger partial charge in [0.2, 0.25) is 0 Å². The highest BCUT2D eigenvalue weighted by Crippen LogP contribution is 2.14. The van der Waals surface area contributed by atoms with Gasteiger partial charge in [0.25, 0.3) is 5.91 Å². The molecule has 2 N–H and O–H groups in total. The van der Waals surface area contributed by atoms with Crippen molar-refractivity contribution in [1.29, 1.82) is 0 Å². The van der Waals surface area contributed by atoms with Gasteiger partial charge in [0.1, 0.15) is 0 Å². The van der Waals surface area contributed by atoms with E-state index in [4.69, 9.17) is 5.73 Å². The number of nitrogens with zero attached hydrogens (tertiary/aromatic N) is 3. The number of likely N-dealkylation sites (tertiary alicyclic amines) is 1. The number of para-hydroxylation sites is 1. The number of hydrogen-bond donors (Lipinski definition) is 1. The maximum absolute atomic E-state index is 12.4. The Labute approximate surface area is 118 Å². The van der Waals surface area contributed by atoms with E-state index < -0.39 is 0 Å². The molecule has 1 aromatic heterocycles. The summed E-state index contributed by atoms with van der Waals surface area (Å²) in [6, 6.07) is 9.85. The maximum Gasteiger partial charge on any atom is 0.257 e. The third-order valence-corrected chi connectivity index (χ3v) is 3.60. The van der Waals surface area contributed by atoms with Crippen LogP contribution in [0.1, 0.15) is 23.2 Å². The van der Waals surface area contributed by atoms with Gasteiger partial charge in [0.05, 0.1) is 17.4 Å². The number of hydrogen-bond acceptors (Lipinski definition) is 3. The van der Waals surface area contributed by atoms with Gasteiger partial charge in [-0.05, 0) is 25.0 Å². The molecule has 1 aromatic carbocycles. The molecule has 1 aliphatic heterocycles. The Kier molecular flexibility index (Phi) is 3.52. The number of piperidine rings is 1. The standard InChI is InChI=1S/C15H18N4O/c16-13-5-4-8-18(11-13)15(20)12-9-17-19(10-12)14-6-2-1-3-7-14/h1-3,6-7,9-10,13H,4-5,8,11,16H2/t13-/m1/s1. The van der Waals surface area contributed by atoms with Gasteiger partial charge in [0.15, 0.2) is 0 Å². The van der Waals surface area contributed by atoms with Crippen LogP contribution in [0.4, 0.5) is 0 Å². The normalized spacial score (nSPS) is 19.1. The van der Waals surface area contributed by atoms with Crippen molar-refractivity contribution in [2.45, 2.75) is 18.9 Å². The Morgan fingerprint density at radius 2 is 2.10 bits per heavy atom. The first-order valence-corrected chi connectivity index (χ1v) is 6.89. The first kappa shape index (κ1) is 12.9. The molecule has 3 rings (SSSR count). The molecule has 0 radical (unpaired) electrons. The van der Waals surface area contributed by atoms with Crippen LogP contribution >= 0.6 is 0 Å². The molecule has 2 heterocycles. The second kappa shape index (κ2) is 5.46. The van der Waals surface area contributed by atoms with E-state index in [1.807, 2.05) is 35.2 Å². The highest BCUT2D eigenvalue weighted by molar-refractivity contribution is 5.93. The quantitative estimate of drug-likeness (QED) is 0.898. The van der Waals surface area contributed by atoms with Gasteiger partial charge < -0.3 is 10.6 Å². The summed E-state index contributed by atoms with van der Waals surface area (Å²) in [6.07, 6.45) is 5.36. The Balaban J connectivity index is 1.78. The largest absolute Gasteiger partial charge is 0.337 e. The lowest BCUT2D eigenvalue weighted by Gasteiger charge is -2.30. The number of carbonyl (C=O) groups is 1. The SMILES string of the molecule is N[C@@H]1CCCN(C(=O)c2cnn(-c3ccccc3)c2)C1. The minimum atomic E-state index is 0.0160. The van der Waals surface area contributed by atoms with Crippen molar-refractivity contribution in [2.75, 3.05) is 13.1 Å². The topological polar surface area (TPSA) is 64.2 Å². The number of benzene rings is 1. The van der Waals surface area contributed by atoms with Crippen molar-refractivity contribution in [3.8, 4) is 5.69 Å². The molecule has 1 atom stereocenters. The Bertz CT molecular complexity index is 593. The zero-order valence-corrected chi connectivity index (χ0v) is 11.3. The summed E-state index contributed by atoms with van der Waals surface area (Å²) >= 11 is 0. The molecule has 1 saturated heterocycles. The molecule has 2 aromatic rings. The van der Waals surface area contributed by atoms with Gasteiger partial charge in [-0.2, -0.15) is 5.10 Å². The van der Waals surface area contributed by atoms with Crippen LogP contribution in [0.3, 0.4) is 0 Å². The first-order valence-electron chi connectivity index (χ1n) is 6.89. The van der Waals surface area contributed by atoms with E-state index >= 15 is 0 Å². The smallest absolute Gasteiger partial charge is 0.257 e. The summed E-state index contributed by atoms with van der Waals surface area (Å²) in [5, 5.41) is 4.26. The first-order chi connectivity index (χ1) is 9.74. The van der Waals surface area contributed by atoms with Crippen LogP contribution < -0.4 is 5.73 Å². The molecule has 1 amide bonds. The molecule has 0 aliphatic carbocycles. The Hall–Kier alpha value is -2.14. The van der Waals surface area contributed by atoms with Crippen LogP contribution in [0.15, 0.2) is 42.7 Å². The molecule has 1 fully saturated rings. The van der Waals surface area contributed by atoms with Crippen molar-refractivity contribution >= 4 is 5.91 Å². The van der Waals surface area contributed by atoms with Crippen molar-refractivity contribution in [3.63, 3.8) is 0 Å². The Morgan fingerprint density at radius 1 is 1.30 bits per heavy atom. The van der Waals surface area contributed by atoms with Crippen LogP contribution in [-0.2, 0) is 0 Å².